The minimum Gasteiger partial charge on any atom is -0.497 e. The molecule has 5 rings (SSSR count). The number of rotatable bonds is 6. The molecule has 0 saturated heterocycles. The van der Waals surface area contributed by atoms with Crippen LogP contribution in [0, 0.1) is 0 Å². The molecule has 0 radical (unpaired) electrons. The number of carbonyl (C=O) groups excluding carboxylic acids is 1. The number of amides is 1. The van der Waals surface area contributed by atoms with Gasteiger partial charge in [-0.15, -0.1) is 0 Å². The van der Waals surface area contributed by atoms with E-state index in [2.05, 4.69) is 34.5 Å². The van der Waals surface area contributed by atoms with E-state index in [0.717, 1.165) is 26.1 Å². The SMILES string of the molecule is COc1ccc(-n2cc(C(=O)NCCN3CCc4ccccc4C3)c3ccccc3c2=O)cc1. The van der Waals surface area contributed by atoms with E-state index >= 15 is 0 Å². The van der Waals surface area contributed by atoms with Crippen LogP contribution in [0.1, 0.15) is 21.5 Å². The van der Waals surface area contributed by atoms with Gasteiger partial charge in [0.2, 0.25) is 0 Å². The van der Waals surface area contributed by atoms with Crippen molar-refractivity contribution < 1.29 is 9.53 Å². The van der Waals surface area contributed by atoms with Crippen LogP contribution in [0.15, 0.2) is 83.8 Å². The van der Waals surface area contributed by atoms with Crippen molar-refractivity contribution in [3.63, 3.8) is 0 Å². The van der Waals surface area contributed by atoms with E-state index in [1.165, 1.54) is 15.7 Å². The molecule has 172 valence electrons. The number of carbonyl (C=O) groups is 1. The molecule has 1 aliphatic rings. The molecular formula is C28H27N3O3. The number of benzene rings is 3. The van der Waals surface area contributed by atoms with Crippen molar-refractivity contribution in [2.24, 2.45) is 0 Å². The molecule has 0 aliphatic carbocycles. The van der Waals surface area contributed by atoms with Crippen LogP contribution in [0.2, 0.25) is 0 Å². The van der Waals surface area contributed by atoms with Crippen LogP contribution in [0.25, 0.3) is 16.5 Å². The molecule has 1 amide bonds. The highest BCUT2D eigenvalue weighted by Crippen LogP contribution is 2.20. The van der Waals surface area contributed by atoms with Gasteiger partial charge in [-0.3, -0.25) is 19.1 Å². The molecule has 0 fully saturated rings. The fraction of sp³-hybridized carbons (Fsp3) is 0.214. The number of hydrogen-bond donors (Lipinski definition) is 1. The summed E-state index contributed by atoms with van der Waals surface area (Å²) < 4.78 is 6.75. The van der Waals surface area contributed by atoms with Gasteiger partial charge in [-0.25, -0.2) is 0 Å². The monoisotopic (exact) mass is 453 g/mol. The van der Waals surface area contributed by atoms with E-state index in [0.29, 0.717) is 34.3 Å². The zero-order chi connectivity index (χ0) is 23.5. The summed E-state index contributed by atoms with van der Waals surface area (Å²) in [5.74, 6) is 0.520. The number of methoxy groups -OCH3 is 1. The van der Waals surface area contributed by atoms with Gasteiger partial charge in [0.25, 0.3) is 11.5 Å². The predicted octanol–water partition coefficient (Wildman–Crippen LogP) is 3.79. The molecule has 0 spiro atoms. The lowest BCUT2D eigenvalue weighted by molar-refractivity contribution is 0.0948. The van der Waals surface area contributed by atoms with Crippen molar-refractivity contribution in [1.29, 1.82) is 0 Å². The third kappa shape index (κ3) is 4.32. The fourth-order valence-corrected chi connectivity index (χ4v) is 4.57. The lowest BCUT2D eigenvalue weighted by Gasteiger charge is -2.28. The van der Waals surface area contributed by atoms with Crippen LogP contribution in [0.5, 0.6) is 5.75 Å². The van der Waals surface area contributed by atoms with E-state index in [1.807, 2.05) is 30.3 Å². The molecule has 0 atom stereocenters. The van der Waals surface area contributed by atoms with E-state index in [-0.39, 0.29) is 11.5 Å². The molecule has 1 aromatic heterocycles. The maximum atomic E-state index is 13.2. The van der Waals surface area contributed by atoms with Crippen LogP contribution in [0.3, 0.4) is 0 Å². The summed E-state index contributed by atoms with van der Waals surface area (Å²) in [6.45, 7) is 3.20. The Morgan fingerprint density at radius 1 is 0.941 bits per heavy atom. The molecule has 4 aromatic rings. The molecular weight excluding hydrogens is 426 g/mol. The fourth-order valence-electron chi connectivity index (χ4n) is 4.57. The molecule has 1 N–H and O–H groups in total. The number of fused-ring (bicyclic) bond motifs is 2. The molecule has 6 nitrogen and oxygen atoms in total. The number of pyridine rings is 1. The number of nitrogens with zero attached hydrogens (tertiary/aromatic N) is 2. The molecule has 0 saturated carbocycles. The second-order valence-corrected chi connectivity index (χ2v) is 8.51. The largest absolute Gasteiger partial charge is 0.497 e. The smallest absolute Gasteiger partial charge is 0.262 e. The summed E-state index contributed by atoms with van der Waals surface area (Å²) >= 11 is 0. The first-order valence-corrected chi connectivity index (χ1v) is 11.5. The summed E-state index contributed by atoms with van der Waals surface area (Å²) in [4.78, 5) is 28.8. The molecule has 34 heavy (non-hydrogen) atoms. The highest BCUT2D eigenvalue weighted by molar-refractivity contribution is 6.06. The number of nitrogens with one attached hydrogen (secondary N) is 1. The van der Waals surface area contributed by atoms with Crippen LogP contribution < -0.4 is 15.6 Å². The van der Waals surface area contributed by atoms with E-state index < -0.39 is 0 Å². The van der Waals surface area contributed by atoms with Crippen molar-refractivity contribution >= 4 is 16.7 Å². The Labute approximate surface area is 198 Å². The number of ether oxygens (including phenoxy) is 1. The van der Waals surface area contributed by atoms with Gasteiger partial charge in [-0.05, 0) is 47.9 Å². The van der Waals surface area contributed by atoms with Crippen molar-refractivity contribution in [3.05, 3.63) is 106 Å². The topological polar surface area (TPSA) is 63.6 Å². The van der Waals surface area contributed by atoms with Gasteiger partial charge >= 0.3 is 0 Å². The maximum Gasteiger partial charge on any atom is 0.262 e. The Hall–Kier alpha value is -3.90. The minimum absolute atomic E-state index is 0.163. The first-order valence-electron chi connectivity index (χ1n) is 11.5. The van der Waals surface area contributed by atoms with Crippen LogP contribution >= 0.6 is 0 Å². The molecule has 0 bridgehead atoms. The van der Waals surface area contributed by atoms with Crippen molar-refractivity contribution in [2.45, 2.75) is 13.0 Å². The Kier molecular flexibility index (Phi) is 6.14. The van der Waals surface area contributed by atoms with Gasteiger partial charge in [0, 0.05) is 48.8 Å². The second-order valence-electron chi connectivity index (χ2n) is 8.51. The minimum atomic E-state index is -0.184. The summed E-state index contributed by atoms with van der Waals surface area (Å²) in [5, 5.41) is 4.23. The molecule has 2 heterocycles. The van der Waals surface area contributed by atoms with Gasteiger partial charge < -0.3 is 10.1 Å². The third-order valence-electron chi connectivity index (χ3n) is 6.44. The number of aromatic nitrogens is 1. The van der Waals surface area contributed by atoms with Crippen LogP contribution in [-0.2, 0) is 13.0 Å². The van der Waals surface area contributed by atoms with Gasteiger partial charge in [-0.1, -0.05) is 42.5 Å². The Bertz CT molecular complexity index is 1390. The van der Waals surface area contributed by atoms with Gasteiger partial charge in [0.15, 0.2) is 0 Å². The molecule has 1 aliphatic heterocycles. The average molecular weight is 454 g/mol. The Balaban J connectivity index is 1.36. The summed E-state index contributed by atoms with van der Waals surface area (Å²) in [6, 6.07) is 23.0. The standard InChI is InChI=1S/C28H27N3O3/c1-34-23-12-10-22(11-13-23)31-19-26(24-8-4-5-9-25(24)28(31)33)27(32)29-15-17-30-16-14-20-6-2-3-7-21(20)18-30/h2-13,19H,14-18H2,1H3,(H,29,32). The van der Waals surface area contributed by atoms with Crippen LogP contribution in [0.4, 0.5) is 0 Å². The summed E-state index contributed by atoms with van der Waals surface area (Å²) in [6.07, 6.45) is 2.67. The lowest BCUT2D eigenvalue weighted by Crippen LogP contribution is -2.38. The molecule has 3 aromatic carbocycles. The molecule has 0 unspecified atom stereocenters. The van der Waals surface area contributed by atoms with E-state index in [1.54, 1.807) is 31.5 Å². The normalized spacial score (nSPS) is 13.4. The summed E-state index contributed by atoms with van der Waals surface area (Å²) in [7, 11) is 1.60. The third-order valence-corrected chi connectivity index (χ3v) is 6.44. The summed E-state index contributed by atoms with van der Waals surface area (Å²) in [5.41, 5.74) is 3.77. The van der Waals surface area contributed by atoms with Gasteiger partial charge in [-0.2, -0.15) is 0 Å². The average Bonchev–Trinajstić information content (AvgIpc) is 2.89. The van der Waals surface area contributed by atoms with Crippen molar-refractivity contribution in [1.82, 2.24) is 14.8 Å². The first kappa shape index (κ1) is 21.9. The van der Waals surface area contributed by atoms with Gasteiger partial charge in [0.1, 0.15) is 5.75 Å². The second kappa shape index (κ2) is 9.53. The van der Waals surface area contributed by atoms with Crippen molar-refractivity contribution in [2.75, 3.05) is 26.7 Å². The highest BCUT2D eigenvalue weighted by Gasteiger charge is 2.18. The van der Waals surface area contributed by atoms with Crippen molar-refractivity contribution in [3.8, 4) is 11.4 Å². The Morgan fingerprint density at radius 3 is 2.41 bits per heavy atom. The number of hydrogen-bond acceptors (Lipinski definition) is 4. The van der Waals surface area contributed by atoms with E-state index in [4.69, 9.17) is 4.74 Å². The first-order chi connectivity index (χ1) is 16.6. The van der Waals surface area contributed by atoms with Crippen LogP contribution in [-0.4, -0.2) is 42.1 Å². The maximum absolute atomic E-state index is 13.2. The predicted molar refractivity (Wildman–Crippen MR) is 134 cm³/mol. The zero-order valence-electron chi connectivity index (χ0n) is 19.2. The lowest BCUT2D eigenvalue weighted by atomic mass is 10.00. The highest BCUT2D eigenvalue weighted by atomic mass is 16.5. The van der Waals surface area contributed by atoms with Gasteiger partial charge in [0.05, 0.1) is 12.7 Å². The zero-order valence-corrected chi connectivity index (χ0v) is 19.2. The van der Waals surface area contributed by atoms with E-state index in [9.17, 15) is 9.59 Å². The Morgan fingerprint density at radius 2 is 1.65 bits per heavy atom. The quantitative estimate of drug-likeness (QED) is 0.483. The molecule has 6 heteroatoms.